The molecule has 2 unspecified atom stereocenters. The maximum absolute atomic E-state index is 10.6. The molecule has 94 valence electrons. The predicted octanol–water partition coefficient (Wildman–Crippen LogP) is 2.22. The first-order valence-corrected chi connectivity index (χ1v) is 6.20. The van der Waals surface area contributed by atoms with Crippen molar-refractivity contribution < 1.29 is 19.4 Å². The highest BCUT2D eigenvalue weighted by Crippen LogP contribution is 2.20. The van der Waals surface area contributed by atoms with Gasteiger partial charge in [0.1, 0.15) is 0 Å². The Kier molecular flexibility index (Phi) is 6.42. The summed E-state index contributed by atoms with van der Waals surface area (Å²) in [5, 5.41) is 8.73. The molecule has 0 saturated carbocycles. The van der Waals surface area contributed by atoms with Gasteiger partial charge in [-0.25, -0.2) is 4.79 Å². The van der Waals surface area contributed by atoms with Crippen LogP contribution in [0.1, 0.15) is 45.4 Å². The quantitative estimate of drug-likeness (QED) is 0.649. The Labute approximate surface area is 96.9 Å². The van der Waals surface area contributed by atoms with Crippen LogP contribution in [0.3, 0.4) is 0 Å². The van der Waals surface area contributed by atoms with Crippen molar-refractivity contribution in [3.8, 4) is 0 Å². The van der Waals surface area contributed by atoms with Crippen molar-refractivity contribution >= 4 is 5.97 Å². The maximum Gasteiger partial charge on any atom is 0.332 e. The second-order valence-electron chi connectivity index (χ2n) is 4.30. The summed E-state index contributed by atoms with van der Waals surface area (Å²) in [5.41, 5.74) is 0. The Bertz CT molecular complexity index is 205. The molecule has 0 aromatic heterocycles. The van der Waals surface area contributed by atoms with E-state index in [1.807, 2.05) is 0 Å². The first kappa shape index (κ1) is 13.5. The number of rotatable bonds is 8. The molecule has 4 heteroatoms. The second-order valence-corrected chi connectivity index (χ2v) is 4.30. The van der Waals surface area contributed by atoms with E-state index in [4.69, 9.17) is 14.6 Å². The lowest BCUT2D eigenvalue weighted by Crippen LogP contribution is -2.22. The van der Waals surface area contributed by atoms with Gasteiger partial charge in [-0.15, -0.1) is 0 Å². The molecule has 0 aromatic rings. The van der Waals surface area contributed by atoms with Gasteiger partial charge in [-0.2, -0.15) is 0 Å². The topological polar surface area (TPSA) is 55.8 Å². The van der Waals surface area contributed by atoms with Gasteiger partial charge in [0.25, 0.3) is 0 Å². The van der Waals surface area contributed by atoms with E-state index in [1.165, 1.54) is 19.3 Å². The van der Waals surface area contributed by atoms with E-state index in [-0.39, 0.29) is 6.10 Å². The number of carboxylic acids is 1. The molecule has 1 heterocycles. The predicted molar refractivity (Wildman–Crippen MR) is 60.5 cm³/mol. The average molecular weight is 230 g/mol. The highest BCUT2D eigenvalue weighted by molar-refractivity contribution is 5.72. The lowest BCUT2D eigenvalue weighted by molar-refractivity contribution is -0.150. The van der Waals surface area contributed by atoms with Crippen LogP contribution in [-0.2, 0) is 14.3 Å². The summed E-state index contributed by atoms with van der Waals surface area (Å²) < 4.78 is 10.8. The number of aliphatic carboxylic acids is 1. The summed E-state index contributed by atoms with van der Waals surface area (Å²) in [5.74, 6) is -0.856. The lowest BCUT2D eigenvalue weighted by atomic mass is 10.2. The fourth-order valence-electron chi connectivity index (χ4n) is 1.86. The molecule has 1 aliphatic rings. The van der Waals surface area contributed by atoms with Crippen molar-refractivity contribution in [2.45, 2.75) is 57.7 Å². The molecule has 0 aliphatic carbocycles. The van der Waals surface area contributed by atoms with Crippen molar-refractivity contribution in [2.24, 2.45) is 0 Å². The summed E-state index contributed by atoms with van der Waals surface area (Å²) in [7, 11) is 0. The fraction of sp³-hybridized carbons (Fsp3) is 0.917. The Morgan fingerprint density at radius 2 is 2.19 bits per heavy atom. The Morgan fingerprint density at radius 3 is 2.81 bits per heavy atom. The molecular weight excluding hydrogens is 208 g/mol. The first-order valence-electron chi connectivity index (χ1n) is 6.20. The summed E-state index contributed by atoms with van der Waals surface area (Å²) in [4.78, 5) is 10.6. The molecule has 16 heavy (non-hydrogen) atoms. The van der Waals surface area contributed by atoms with Crippen LogP contribution >= 0.6 is 0 Å². The molecule has 0 spiro atoms. The van der Waals surface area contributed by atoms with Crippen LogP contribution in [0.2, 0.25) is 0 Å². The van der Waals surface area contributed by atoms with Gasteiger partial charge >= 0.3 is 5.97 Å². The maximum atomic E-state index is 10.6. The van der Waals surface area contributed by atoms with Gasteiger partial charge in [0.05, 0.1) is 12.7 Å². The van der Waals surface area contributed by atoms with E-state index in [0.29, 0.717) is 13.0 Å². The van der Waals surface area contributed by atoms with Crippen LogP contribution in [-0.4, -0.2) is 36.5 Å². The smallest absolute Gasteiger partial charge is 0.332 e. The van der Waals surface area contributed by atoms with Gasteiger partial charge in [-0.3, -0.25) is 0 Å². The Morgan fingerprint density at radius 1 is 1.38 bits per heavy atom. The fourth-order valence-corrected chi connectivity index (χ4v) is 1.86. The molecule has 0 radical (unpaired) electrons. The molecule has 1 saturated heterocycles. The summed E-state index contributed by atoms with van der Waals surface area (Å²) >= 11 is 0. The zero-order chi connectivity index (χ0) is 11.8. The van der Waals surface area contributed by atoms with E-state index < -0.39 is 12.1 Å². The molecular formula is C12H22O4. The standard InChI is InChI=1S/C12H22O4/c1-2-3-4-5-8-15-9-10-6-7-11(16-10)12(13)14/h10-11H,2-9H2,1H3,(H,13,14). The van der Waals surface area contributed by atoms with Gasteiger partial charge in [0.2, 0.25) is 0 Å². The van der Waals surface area contributed by atoms with Crippen molar-refractivity contribution in [2.75, 3.05) is 13.2 Å². The van der Waals surface area contributed by atoms with E-state index >= 15 is 0 Å². The molecule has 4 nitrogen and oxygen atoms in total. The van der Waals surface area contributed by atoms with E-state index in [9.17, 15) is 4.79 Å². The van der Waals surface area contributed by atoms with E-state index in [1.54, 1.807) is 0 Å². The summed E-state index contributed by atoms with van der Waals surface area (Å²) in [6.07, 6.45) is 5.55. The molecule has 2 atom stereocenters. The zero-order valence-electron chi connectivity index (χ0n) is 9.98. The summed E-state index contributed by atoms with van der Waals surface area (Å²) in [6.45, 7) is 3.48. The number of ether oxygens (including phenoxy) is 2. The van der Waals surface area contributed by atoms with Gasteiger partial charge in [-0.05, 0) is 19.3 Å². The average Bonchev–Trinajstić information content (AvgIpc) is 2.72. The number of unbranched alkanes of at least 4 members (excludes halogenated alkanes) is 3. The van der Waals surface area contributed by atoms with Crippen molar-refractivity contribution in [3.63, 3.8) is 0 Å². The second kappa shape index (κ2) is 7.63. The van der Waals surface area contributed by atoms with E-state index in [0.717, 1.165) is 19.4 Å². The third kappa shape index (κ3) is 4.94. The molecule has 1 aliphatic heterocycles. The molecule has 1 N–H and O–H groups in total. The van der Waals surface area contributed by atoms with Crippen LogP contribution in [0.15, 0.2) is 0 Å². The lowest BCUT2D eigenvalue weighted by Gasteiger charge is -2.11. The number of hydrogen-bond acceptors (Lipinski definition) is 3. The highest BCUT2D eigenvalue weighted by atomic mass is 16.6. The van der Waals surface area contributed by atoms with Crippen LogP contribution in [0.4, 0.5) is 0 Å². The normalized spacial score (nSPS) is 24.8. The minimum atomic E-state index is -0.856. The monoisotopic (exact) mass is 230 g/mol. The third-order valence-electron chi connectivity index (χ3n) is 2.83. The van der Waals surface area contributed by atoms with E-state index in [2.05, 4.69) is 6.92 Å². The van der Waals surface area contributed by atoms with Gasteiger partial charge in [0.15, 0.2) is 6.10 Å². The molecule has 1 fully saturated rings. The van der Waals surface area contributed by atoms with Gasteiger partial charge < -0.3 is 14.6 Å². The molecule has 0 bridgehead atoms. The number of hydrogen-bond donors (Lipinski definition) is 1. The molecule has 1 rings (SSSR count). The van der Waals surface area contributed by atoms with Gasteiger partial charge in [-0.1, -0.05) is 26.2 Å². The Balaban J connectivity index is 1.96. The van der Waals surface area contributed by atoms with Crippen LogP contribution in [0.25, 0.3) is 0 Å². The minimum absolute atomic E-state index is 0.0210. The van der Waals surface area contributed by atoms with Gasteiger partial charge in [0, 0.05) is 6.61 Å². The SMILES string of the molecule is CCCCCCOCC1CCC(C(=O)O)O1. The largest absolute Gasteiger partial charge is 0.479 e. The van der Waals surface area contributed by atoms with Crippen LogP contribution < -0.4 is 0 Å². The van der Waals surface area contributed by atoms with Crippen molar-refractivity contribution in [1.29, 1.82) is 0 Å². The first-order chi connectivity index (χ1) is 7.74. The molecule has 0 aromatic carbocycles. The van der Waals surface area contributed by atoms with Crippen LogP contribution in [0, 0.1) is 0 Å². The Hall–Kier alpha value is -0.610. The zero-order valence-corrected chi connectivity index (χ0v) is 9.98. The minimum Gasteiger partial charge on any atom is -0.479 e. The summed E-state index contributed by atoms with van der Waals surface area (Å²) in [6, 6.07) is 0. The van der Waals surface area contributed by atoms with Crippen LogP contribution in [0.5, 0.6) is 0 Å². The van der Waals surface area contributed by atoms with Crippen molar-refractivity contribution in [1.82, 2.24) is 0 Å². The van der Waals surface area contributed by atoms with Crippen molar-refractivity contribution in [3.05, 3.63) is 0 Å². The third-order valence-corrected chi connectivity index (χ3v) is 2.83. The highest BCUT2D eigenvalue weighted by Gasteiger charge is 2.30. The molecule has 0 amide bonds. The number of carbonyl (C=O) groups is 1. The number of carboxylic acid groups (broad SMARTS) is 1.